The van der Waals surface area contributed by atoms with Gasteiger partial charge in [0.1, 0.15) is 0 Å². The maximum atomic E-state index is 5.51. The van der Waals surface area contributed by atoms with Gasteiger partial charge in [-0.1, -0.05) is 5.02 Å². The van der Waals surface area contributed by atoms with Crippen molar-refractivity contribution in [3.63, 3.8) is 0 Å². The Balaban J connectivity index is 0.000000490. The van der Waals surface area contributed by atoms with E-state index in [1.807, 2.05) is 18.2 Å². The van der Waals surface area contributed by atoms with E-state index in [9.17, 15) is 0 Å². The SMILES string of the molecule is Clc1c[c-]ccc1.[Cu+]. The topological polar surface area (TPSA) is 0 Å². The van der Waals surface area contributed by atoms with Gasteiger partial charge in [0.15, 0.2) is 0 Å². The van der Waals surface area contributed by atoms with Crippen LogP contribution in [0, 0.1) is 6.07 Å². The van der Waals surface area contributed by atoms with Crippen LogP contribution in [0.3, 0.4) is 0 Å². The first-order chi connectivity index (χ1) is 3.39. The number of hydrogen-bond donors (Lipinski definition) is 0. The van der Waals surface area contributed by atoms with Crippen LogP contribution in [0.5, 0.6) is 0 Å². The molecule has 1 rings (SSSR count). The van der Waals surface area contributed by atoms with Crippen LogP contribution in [0.15, 0.2) is 24.3 Å². The number of rotatable bonds is 0. The monoisotopic (exact) mass is 174 g/mol. The summed E-state index contributed by atoms with van der Waals surface area (Å²) in [5.41, 5.74) is 0. The third-order valence-electron chi connectivity index (χ3n) is 0.669. The Morgan fingerprint density at radius 1 is 1.50 bits per heavy atom. The van der Waals surface area contributed by atoms with E-state index in [1.165, 1.54) is 0 Å². The fraction of sp³-hybridized carbons (Fsp3) is 0. The molecule has 2 heteroatoms. The molecule has 0 N–H and O–H groups in total. The standard InChI is InChI=1S/C6H4Cl.Cu/c7-6-4-2-1-3-5-6;/h1-2,4-5H;/q-1;+1. The molecule has 1 aromatic rings. The van der Waals surface area contributed by atoms with E-state index in [4.69, 9.17) is 11.6 Å². The second-order valence-corrected chi connectivity index (χ2v) is 1.66. The van der Waals surface area contributed by atoms with Gasteiger partial charge in [0, 0.05) is 0 Å². The minimum absolute atomic E-state index is 0. The molecule has 0 aliphatic rings. The van der Waals surface area contributed by atoms with Gasteiger partial charge in [-0.2, -0.15) is 41.9 Å². The van der Waals surface area contributed by atoms with Crippen molar-refractivity contribution in [1.82, 2.24) is 0 Å². The molecule has 8 heavy (non-hydrogen) atoms. The molecular formula is C6H4ClCu. The average Bonchev–Trinajstić information content (AvgIpc) is 1.69. The smallest absolute Gasteiger partial charge is 0.182 e. The summed E-state index contributed by atoms with van der Waals surface area (Å²) in [5.74, 6) is 0. The van der Waals surface area contributed by atoms with Crippen LogP contribution in [0.2, 0.25) is 5.02 Å². The zero-order valence-corrected chi connectivity index (χ0v) is 5.69. The minimum Gasteiger partial charge on any atom is -0.182 e. The average molecular weight is 175 g/mol. The molecule has 0 heterocycles. The molecular weight excluding hydrogens is 171 g/mol. The summed E-state index contributed by atoms with van der Waals surface area (Å²) in [4.78, 5) is 0. The van der Waals surface area contributed by atoms with E-state index >= 15 is 0 Å². The number of hydrogen-bond acceptors (Lipinski definition) is 0. The molecule has 0 unspecified atom stereocenters. The van der Waals surface area contributed by atoms with Gasteiger partial charge in [0.2, 0.25) is 0 Å². The predicted molar refractivity (Wildman–Crippen MR) is 30.3 cm³/mol. The molecule has 0 nitrogen and oxygen atoms in total. The van der Waals surface area contributed by atoms with Gasteiger partial charge in [-0.25, -0.2) is 0 Å². The Bertz CT molecular complexity index is 138. The zero-order chi connectivity index (χ0) is 5.11. The second-order valence-electron chi connectivity index (χ2n) is 1.22. The van der Waals surface area contributed by atoms with E-state index in [2.05, 4.69) is 6.07 Å². The van der Waals surface area contributed by atoms with Crippen molar-refractivity contribution in [2.75, 3.05) is 0 Å². The van der Waals surface area contributed by atoms with Crippen molar-refractivity contribution in [3.8, 4) is 0 Å². The molecule has 0 bridgehead atoms. The fourth-order valence-electron chi connectivity index (χ4n) is 0.371. The van der Waals surface area contributed by atoms with Crippen LogP contribution in [-0.4, -0.2) is 0 Å². The Hall–Kier alpha value is 0.0295. The summed E-state index contributed by atoms with van der Waals surface area (Å²) in [6.07, 6.45) is 0. The summed E-state index contributed by atoms with van der Waals surface area (Å²) in [6.45, 7) is 0. The van der Waals surface area contributed by atoms with E-state index in [-0.39, 0.29) is 17.1 Å². The first-order valence-corrected chi connectivity index (χ1v) is 2.39. The fourth-order valence-corrected chi connectivity index (χ4v) is 0.507. The molecule has 0 aliphatic heterocycles. The van der Waals surface area contributed by atoms with E-state index in [1.54, 1.807) is 6.07 Å². The maximum Gasteiger partial charge on any atom is 1.00 e. The normalized spacial score (nSPS) is 7.62. The third-order valence-corrected chi connectivity index (χ3v) is 0.904. The molecule has 1 aromatic carbocycles. The van der Waals surface area contributed by atoms with Crippen LogP contribution < -0.4 is 0 Å². The van der Waals surface area contributed by atoms with E-state index < -0.39 is 0 Å². The summed E-state index contributed by atoms with van der Waals surface area (Å²) in [6, 6.07) is 10.0. The number of benzene rings is 1. The largest absolute Gasteiger partial charge is 1.00 e. The van der Waals surface area contributed by atoms with Crippen molar-refractivity contribution in [3.05, 3.63) is 35.4 Å². The molecule has 0 fully saturated rings. The van der Waals surface area contributed by atoms with Crippen molar-refractivity contribution in [2.45, 2.75) is 0 Å². The Labute approximate surface area is 64.3 Å². The zero-order valence-electron chi connectivity index (χ0n) is 3.99. The van der Waals surface area contributed by atoms with E-state index in [0.29, 0.717) is 0 Å². The second kappa shape index (κ2) is 3.96. The summed E-state index contributed by atoms with van der Waals surface area (Å²) < 4.78 is 0. The van der Waals surface area contributed by atoms with Gasteiger partial charge in [-0.05, 0) is 0 Å². The van der Waals surface area contributed by atoms with Crippen molar-refractivity contribution in [2.24, 2.45) is 0 Å². The van der Waals surface area contributed by atoms with Gasteiger partial charge in [0.25, 0.3) is 0 Å². The predicted octanol–water partition coefficient (Wildman–Crippen LogP) is 2.14. The summed E-state index contributed by atoms with van der Waals surface area (Å²) in [7, 11) is 0. The summed E-state index contributed by atoms with van der Waals surface area (Å²) in [5, 5.41) is 0.738. The summed E-state index contributed by atoms with van der Waals surface area (Å²) >= 11 is 5.51. The molecule has 0 spiro atoms. The molecule has 0 saturated heterocycles. The van der Waals surface area contributed by atoms with Crippen LogP contribution in [0.4, 0.5) is 0 Å². The molecule has 0 aliphatic carbocycles. The molecule has 0 aromatic heterocycles. The van der Waals surface area contributed by atoms with Crippen LogP contribution >= 0.6 is 11.6 Å². The molecule has 0 amide bonds. The Kier molecular flexibility index (Phi) is 3.98. The van der Waals surface area contributed by atoms with Crippen molar-refractivity contribution >= 4 is 11.6 Å². The van der Waals surface area contributed by atoms with Gasteiger partial charge < -0.3 is 0 Å². The molecule has 0 saturated carbocycles. The first-order valence-electron chi connectivity index (χ1n) is 2.01. The Morgan fingerprint density at radius 3 is 2.50 bits per heavy atom. The van der Waals surface area contributed by atoms with Gasteiger partial charge in [-0.15, -0.1) is 0 Å². The molecule has 46 valence electrons. The first kappa shape index (κ1) is 8.03. The minimum atomic E-state index is 0. The molecule has 0 atom stereocenters. The van der Waals surface area contributed by atoms with Crippen LogP contribution in [-0.2, 0) is 17.1 Å². The number of halogens is 1. The van der Waals surface area contributed by atoms with Crippen molar-refractivity contribution in [1.29, 1.82) is 0 Å². The van der Waals surface area contributed by atoms with Gasteiger partial charge in [-0.3, -0.25) is 0 Å². The Morgan fingerprint density at radius 2 is 2.25 bits per heavy atom. The van der Waals surface area contributed by atoms with Crippen molar-refractivity contribution < 1.29 is 17.1 Å². The quantitative estimate of drug-likeness (QED) is 0.418. The van der Waals surface area contributed by atoms with Gasteiger partial charge >= 0.3 is 17.1 Å². The maximum absolute atomic E-state index is 5.51. The molecule has 0 radical (unpaired) electrons. The van der Waals surface area contributed by atoms with Crippen LogP contribution in [0.1, 0.15) is 0 Å². The third kappa shape index (κ3) is 2.37. The van der Waals surface area contributed by atoms with E-state index in [0.717, 1.165) is 5.02 Å². The van der Waals surface area contributed by atoms with Gasteiger partial charge in [0.05, 0.1) is 0 Å². The van der Waals surface area contributed by atoms with Crippen LogP contribution in [0.25, 0.3) is 0 Å².